The molecule has 1 aliphatic carbocycles. The Morgan fingerprint density at radius 3 is 2.27 bits per heavy atom. The van der Waals surface area contributed by atoms with Gasteiger partial charge in [-0.15, -0.1) is 0 Å². The van der Waals surface area contributed by atoms with Gasteiger partial charge in [-0.3, -0.25) is 19.2 Å². The van der Waals surface area contributed by atoms with Crippen molar-refractivity contribution in [2.24, 2.45) is 35.5 Å². The van der Waals surface area contributed by atoms with Crippen molar-refractivity contribution in [1.29, 1.82) is 0 Å². The van der Waals surface area contributed by atoms with Gasteiger partial charge in [0.2, 0.25) is 5.79 Å². The van der Waals surface area contributed by atoms with E-state index < -0.39 is 77.8 Å². The van der Waals surface area contributed by atoms with E-state index in [0.717, 1.165) is 32.1 Å². The molecule has 2 saturated heterocycles. The molecule has 15 atom stereocenters. The number of aliphatic hydroxyl groups excluding tert-OH is 2. The van der Waals surface area contributed by atoms with Crippen LogP contribution >= 0.6 is 0 Å². The highest BCUT2D eigenvalue weighted by Gasteiger charge is 2.53. The van der Waals surface area contributed by atoms with E-state index in [1.54, 1.807) is 41.1 Å². The zero-order valence-electron chi connectivity index (χ0n) is 40.2. The number of ether oxygens (including phenoxy) is 5. The van der Waals surface area contributed by atoms with Crippen LogP contribution in [0.4, 0.5) is 0 Å². The van der Waals surface area contributed by atoms with Crippen molar-refractivity contribution >= 4 is 29.2 Å². The number of methoxy groups -OCH3 is 3. The molecule has 3 aliphatic heterocycles. The molecule has 14 nitrogen and oxygen atoms in total. The third-order valence-corrected chi connectivity index (χ3v) is 14.7. The number of aliphatic hydroxyl groups is 3. The molecule has 0 spiro atoms. The van der Waals surface area contributed by atoms with Crippen molar-refractivity contribution in [2.75, 3.05) is 27.9 Å². The van der Waals surface area contributed by atoms with Crippen molar-refractivity contribution in [2.45, 2.75) is 199 Å². The first-order valence-corrected chi connectivity index (χ1v) is 24.2. The standard InChI is InChI=1S/C50H81NO13/c1-30-16-12-10-11-13-17-37(60-7)28-38-21-19-35(6)50(59,64-38)47(56)48(57)51-23-15-14-18-39(51)49(58)63-42(32(3)26-36-20-22-40(52)43(27-36)61-8)29-41(53)31(2)25-34(5)45(55)46(62-9)44(54)33(4)24-30/h12,16,25,30-33,35-40,42-43,45-46,52,55,59H,10-11,13-15,17-24,26-29H2,1-9H3/b16-12+,34-25-/t30-,31-,32-,33-,35-,36-,37-,38+,39+,40-,42+,43-,45-,46+,50-/m1/s1. The highest BCUT2D eigenvalue weighted by Crippen LogP contribution is 2.37. The van der Waals surface area contributed by atoms with Gasteiger partial charge in [0.15, 0.2) is 5.78 Å². The quantitative estimate of drug-likeness (QED) is 0.154. The molecule has 0 aromatic rings. The molecule has 3 fully saturated rings. The number of allylic oxidation sites excluding steroid dienone is 3. The summed E-state index contributed by atoms with van der Waals surface area (Å²) in [7, 11) is 4.59. The van der Waals surface area contributed by atoms with Crippen molar-refractivity contribution < 1.29 is 63.0 Å². The summed E-state index contributed by atoms with van der Waals surface area (Å²) in [5, 5.41) is 33.8. The Balaban J connectivity index is 1.66. The molecule has 4 rings (SSSR count). The number of Topliss-reactive ketones (excluding diaryl/α,β-unsaturated/α-hetero) is 3. The Hall–Kier alpha value is -2.85. The molecule has 3 N–H and O–H groups in total. The Kier molecular flexibility index (Phi) is 21.3. The number of nitrogens with zero attached hydrogens (tertiary/aromatic N) is 1. The van der Waals surface area contributed by atoms with Crippen molar-refractivity contribution in [3.8, 4) is 0 Å². The molecule has 14 heteroatoms. The number of hydrogen-bond acceptors (Lipinski definition) is 13. The number of amides is 1. The van der Waals surface area contributed by atoms with Crippen LogP contribution in [0.1, 0.15) is 144 Å². The van der Waals surface area contributed by atoms with Gasteiger partial charge in [-0.1, -0.05) is 59.3 Å². The number of fused-ring (bicyclic) bond motifs is 3. The van der Waals surface area contributed by atoms with Gasteiger partial charge in [-0.25, -0.2) is 4.79 Å². The molecular formula is C50H81NO13. The molecular weight excluding hydrogens is 823 g/mol. The van der Waals surface area contributed by atoms with Gasteiger partial charge in [0, 0.05) is 52.0 Å². The summed E-state index contributed by atoms with van der Waals surface area (Å²) in [5.74, 6) is -7.63. The number of rotatable bonds is 6. The van der Waals surface area contributed by atoms with Gasteiger partial charge in [0.25, 0.3) is 11.7 Å². The third kappa shape index (κ3) is 14.3. The molecule has 364 valence electrons. The predicted molar refractivity (Wildman–Crippen MR) is 241 cm³/mol. The fraction of sp³-hybridized carbons (Fsp3) is 0.820. The summed E-state index contributed by atoms with van der Waals surface area (Å²) in [6, 6.07) is -1.12. The van der Waals surface area contributed by atoms with E-state index in [1.165, 1.54) is 12.0 Å². The Bertz CT molecular complexity index is 1610. The molecule has 64 heavy (non-hydrogen) atoms. The lowest BCUT2D eigenvalue weighted by atomic mass is 9.78. The van der Waals surface area contributed by atoms with E-state index in [1.807, 2.05) is 13.8 Å². The second kappa shape index (κ2) is 25.3. The van der Waals surface area contributed by atoms with Crippen molar-refractivity contribution in [3.63, 3.8) is 0 Å². The van der Waals surface area contributed by atoms with Gasteiger partial charge < -0.3 is 43.9 Å². The summed E-state index contributed by atoms with van der Waals surface area (Å²) in [4.78, 5) is 71.7. The van der Waals surface area contributed by atoms with Gasteiger partial charge >= 0.3 is 5.97 Å². The highest BCUT2D eigenvalue weighted by molar-refractivity contribution is 6.39. The molecule has 2 bridgehead atoms. The molecule has 0 aromatic carbocycles. The van der Waals surface area contributed by atoms with E-state index >= 15 is 0 Å². The van der Waals surface area contributed by atoms with Gasteiger partial charge in [0.1, 0.15) is 30.1 Å². The largest absolute Gasteiger partial charge is 0.460 e. The fourth-order valence-electron chi connectivity index (χ4n) is 10.4. The number of piperidine rings is 1. The number of carbonyl (C=O) groups is 5. The van der Waals surface area contributed by atoms with E-state index in [-0.39, 0.29) is 60.9 Å². The second-order valence-corrected chi connectivity index (χ2v) is 19.8. The summed E-state index contributed by atoms with van der Waals surface area (Å²) in [6.45, 7) is 11.0. The lowest BCUT2D eigenvalue weighted by Crippen LogP contribution is -2.61. The average Bonchev–Trinajstić information content (AvgIpc) is 3.27. The molecule has 4 aliphatic rings. The number of hydrogen-bond donors (Lipinski definition) is 3. The number of esters is 1. The topological polar surface area (TPSA) is 195 Å². The first-order valence-electron chi connectivity index (χ1n) is 24.2. The van der Waals surface area contributed by atoms with Gasteiger partial charge in [-0.05, 0) is 120 Å². The van der Waals surface area contributed by atoms with Crippen LogP contribution in [0.5, 0.6) is 0 Å². The van der Waals surface area contributed by atoms with Crippen molar-refractivity contribution in [1.82, 2.24) is 4.90 Å². The minimum atomic E-state index is -2.38. The normalized spacial score (nSPS) is 39.9. The van der Waals surface area contributed by atoms with Crippen LogP contribution in [0.25, 0.3) is 0 Å². The van der Waals surface area contributed by atoms with E-state index in [9.17, 15) is 39.3 Å². The lowest BCUT2D eigenvalue weighted by Gasteiger charge is -2.42. The molecule has 1 saturated carbocycles. The van der Waals surface area contributed by atoms with E-state index in [2.05, 4.69) is 19.1 Å². The Morgan fingerprint density at radius 1 is 0.859 bits per heavy atom. The zero-order chi connectivity index (χ0) is 47.3. The van der Waals surface area contributed by atoms with E-state index in [0.29, 0.717) is 63.4 Å². The van der Waals surface area contributed by atoms with Crippen LogP contribution in [0.15, 0.2) is 23.8 Å². The molecule has 0 aromatic heterocycles. The van der Waals surface area contributed by atoms with Gasteiger partial charge in [-0.2, -0.15) is 0 Å². The first-order chi connectivity index (χ1) is 30.3. The number of carbonyl (C=O) groups excluding carboxylic acids is 5. The van der Waals surface area contributed by atoms with Crippen LogP contribution in [0, 0.1) is 35.5 Å². The minimum Gasteiger partial charge on any atom is -0.460 e. The predicted octanol–water partition coefficient (Wildman–Crippen LogP) is 6.24. The van der Waals surface area contributed by atoms with Crippen LogP contribution in [-0.4, -0.2) is 132 Å². The van der Waals surface area contributed by atoms with Crippen molar-refractivity contribution in [3.05, 3.63) is 23.8 Å². The molecule has 3 heterocycles. The lowest BCUT2D eigenvalue weighted by molar-refractivity contribution is -0.266. The second-order valence-electron chi connectivity index (χ2n) is 19.8. The summed E-state index contributed by atoms with van der Waals surface area (Å²) in [6.07, 6.45) is 9.91. The molecule has 1 amide bonds. The first kappa shape index (κ1) is 53.8. The zero-order valence-corrected chi connectivity index (χ0v) is 40.2. The van der Waals surface area contributed by atoms with Crippen LogP contribution < -0.4 is 0 Å². The SMILES string of the molecule is CO[C@@H]1CCCC/C=C/[C@@H](C)C[C@@H](C)C(=O)[C@H](OC)[C@H](O)/C(C)=C\[C@@H](C)C(=O)C[C@@H]([C@H](C)C[C@H]2CC[C@@H](O)[C@H](OC)C2)OC(=O)[C@@H]2CCCCN2C(=O)C(=O)[C@]2(O)O[C@@H](CC[C@H]2C)C1. The number of cyclic esters (lactones) is 1. The van der Waals surface area contributed by atoms with Crippen LogP contribution in [0.2, 0.25) is 0 Å². The fourth-order valence-corrected chi connectivity index (χ4v) is 10.4. The Labute approximate surface area is 382 Å². The average molecular weight is 904 g/mol. The maximum Gasteiger partial charge on any atom is 0.329 e. The van der Waals surface area contributed by atoms with Crippen LogP contribution in [-0.2, 0) is 47.7 Å². The van der Waals surface area contributed by atoms with Crippen LogP contribution in [0.3, 0.4) is 0 Å². The highest BCUT2D eigenvalue weighted by atomic mass is 16.6. The maximum atomic E-state index is 14.3. The summed E-state index contributed by atoms with van der Waals surface area (Å²) >= 11 is 0. The number of ketones is 3. The van der Waals surface area contributed by atoms with Gasteiger partial charge in [0.05, 0.1) is 24.4 Å². The molecule has 0 unspecified atom stereocenters. The summed E-state index contributed by atoms with van der Waals surface area (Å²) in [5.41, 5.74) is 0.402. The van der Waals surface area contributed by atoms with E-state index in [4.69, 9.17) is 23.7 Å². The smallest absolute Gasteiger partial charge is 0.329 e. The minimum absolute atomic E-state index is 0.0983. The summed E-state index contributed by atoms with van der Waals surface area (Å²) < 4.78 is 29.4. The Morgan fingerprint density at radius 2 is 1.58 bits per heavy atom. The monoisotopic (exact) mass is 904 g/mol. The maximum absolute atomic E-state index is 14.3. The third-order valence-electron chi connectivity index (χ3n) is 14.7. The molecule has 0 radical (unpaired) electrons.